The van der Waals surface area contributed by atoms with Crippen LogP contribution in [0.2, 0.25) is 0 Å². The molecule has 0 bridgehead atoms. The molecular weight excluding hydrogens is 342 g/mol. The zero-order valence-electron chi connectivity index (χ0n) is 15.8. The van der Waals surface area contributed by atoms with Crippen molar-refractivity contribution in [3.8, 4) is 5.75 Å². The summed E-state index contributed by atoms with van der Waals surface area (Å²) in [5.74, 6) is 0.193. The average molecular weight is 367 g/mol. The molecule has 2 atom stereocenters. The van der Waals surface area contributed by atoms with Crippen molar-refractivity contribution in [2.24, 2.45) is 0 Å². The van der Waals surface area contributed by atoms with Gasteiger partial charge in [0.15, 0.2) is 5.69 Å². The highest BCUT2D eigenvalue weighted by molar-refractivity contribution is 5.95. The van der Waals surface area contributed by atoms with Crippen LogP contribution in [0.3, 0.4) is 0 Å². The minimum absolute atomic E-state index is 0.0147. The molecule has 142 valence electrons. The number of nitrogens with zero attached hydrogens (tertiary/aromatic N) is 3. The molecule has 1 aromatic carbocycles. The molecule has 2 aliphatic rings. The van der Waals surface area contributed by atoms with Crippen molar-refractivity contribution < 1.29 is 9.90 Å². The highest BCUT2D eigenvalue weighted by Gasteiger charge is 2.38. The van der Waals surface area contributed by atoms with Gasteiger partial charge in [-0.2, -0.15) is 4.98 Å². The van der Waals surface area contributed by atoms with E-state index in [2.05, 4.69) is 17.1 Å². The molecule has 27 heavy (non-hydrogen) atoms. The lowest BCUT2D eigenvalue weighted by atomic mass is 9.88. The quantitative estimate of drug-likeness (QED) is 0.905. The van der Waals surface area contributed by atoms with Crippen LogP contribution in [0.1, 0.15) is 66.8 Å². The van der Waals surface area contributed by atoms with Gasteiger partial charge in [-0.05, 0) is 38.2 Å². The second-order valence-electron chi connectivity index (χ2n) is 7.77. The van der Waals surface area contributed by atoms with Crippen molar-refractivity contribution in [1.82, 2.24) is 14.5 Å². The van der Waals surface area contributed by atoms with E-state index >= 15 is 0 Å². The van der Waals surface area contributed by atoms with Crippen molar-refractivity contribution in [3.63, 3.8) is 0 Å². The van der Waals surface area contributed by atoms with Crippen molar-refractivity contribution in [3.05, 3.63) is 57.8 Å². The van der Waals surface area contributed by atoms with Crippen LogP contribution in [0.25, 0.3) is 0 Å². The lowest BCUT2D eigenvalue weighted by molar-refractivity contribution is 0.0636. The molecule has 0 spiro atoms. The fraction of sp³-hybridized carbons (Fsp3) is 0.476. The zero-order chi connectivity index (χ0) is 19.1. The number of hydrogen-bond acceptors (Lipinski definition) is 4. The zero-order valence-corrected chi connectivity index (χ0v) is 15.8. The number of carbonyl (C=O) groups excluding carboxylic acids is 1. The van der Waals surface area contributed by atoms with E-state index in [-0.39, 0.29) is 29.5 Å². The standard InChI is InChI=1S/C21H25N3O3/c1-13(2)23-11-12-24-17(21(23)27)18(25)20(26)22-19(24)16-10-6-9-15(16)14-7-4-3-5-8-14/h3-5,7-8,13,15-16,25H,6,9-12H2,1-2H3/t15-,16-/m1/s1. The van der Waals surface area contributed by atoms with Gasteiger partial charge in [0.1, 0.15) is 5.82 Å². The molecule has 1 aromatic heterocycles. The summed E-state index contributed by atoms with van der Waals surface area (Å²) in [5.41, 5.74) is 0.639. The summed E-state index contributed by atoms with van der Waals surface area (Å²) in [4.78, 5) is 31.2. The van der Waals surface area contributed by atoms with Gasteiger partial charge in [0, 0.05) is 25.0 Å². The first-order valence-electron chi connectivity index (χ1n) is 9.68. The molecule has 1 saturated carbocycles. The van der Waals surface area contributed by atoms with E-state index in [1.165, 1.54) is 5.56 Å². The SMILES string of the molecule is CC(C)N1CCn2c([C@@H]3CCC[C@@H]3c3ccccc3)nc(=O)c(O)c2C1=O. The lowest BCUT2D eigenvalue weighted by Crippen LogP contribution is -2.46. The van der Waals surface area contributed by atoms with Crippen molar-refractivity contribution in [2.75, 3.05) is 6.54 Å². The van der Waals surface area contributed by atoms with E-state index in [0.717, 1.165) is 19.3 Å². The monoisotopic (exact) mass is 367 g/mol. The smallest absolute Gasteiger partial charge is 0.315 e. The second-order valence-corrected chi connectivity index (χ2v) is 7.77. The van der Waals surface area contributed by atoms with Gasteiger partial charge in [-0.3, -0.25) is 9.59 Å². The highest BCUT2D eigenvalue weighted by Crippen LogP contribution is 2.45. The molecular formula is C21H25N3O3. The molecule has 1 aliphatic carbocycles. The molecule has 0 saturated heterocycles. The molecule has 2 heterocycles. The minimum atomic E-state index is -0.700. The number of amides is 1. The van der Waals surface area contributed by atoms with Gasteiger partial charge in [0.2, 0.25) is 5.75 Å². The van der Waals surface area contributed by atoms with Crippen LogP contribution < -0.4 is 5.56 Å². The van der Waals surface area contributed by atoms with Gasteiger partial charge in [-0.15, -0.1) is 0 Å². The molecule has 6 heteroatoms. The fourth-order valence-corrected chi connectivity index (χ4v) is 4.59. The molecule has 2 aromatic rings. The van der Waals surface area contributed by atoms with E-state index in [4.69, 9.17) is 0 Å². The van der Waals surface area contributed by atoms with Gasteiger partial charge in [-0.25, -0.2) is 0 Å². The molecule has 0 unspecified atom stereocenters. The summed E-state index contributed by atoms with van der Waals surface area (Å²) in [5, 5.41) is 10.3. The molecule has 1 aliphatic heterocycles. The third kappa shape index (κ3) is 2.93. The maximum atomic E-state index is 12.9. The molecule has 1 amide bonds. The van der Waals surface area contributed by atoms with Crippen molar-refractivity contribution >= 4 is 5.91 Å². The van der Waals surface area contributed by atoms with Gasteiger partial charge >= 0.3 is 5.56 Å². The minimum Gasteiger partial charge on any atom is -0.501 e. The summed E-state index contributed by atoms with van der Waals surface area (Å²) in [6.07, 6.45) is 3.02. The van der Waals surface area contributed by atoms with Crippen LogP contribution in [0.4, 0.5) is 0 Å². The van der Waals surface area contributed by atoms with E-state index in [0.29, 0.717) is 18.9 Å². The number of benzene rings is 1. The number of carbonyl (C=O) groups is 1. The van der Waals surface area contributed by atoms with Gasteiger partial charge < -0.3 is 14.6 Å². The van der Waals surface area contributed by atoms with Crippen LogP contribution in [0.15, 0.2) is 35.1 Å². The first kappa shape index (κ1) is 17.8. The Balaban J connectivity index is 1.82. The Bertz CT molecular complexity index is 920. The summed E-state index contributed by atoms with van der Waals surface area (Å²) in [7, 11) is 0. The Morgan fingerprint density at radius 2 is 1.78 bits per heavy atom. The molecule has 4 rings (SSSR count). The van der Waals surface area contributed by atoms with E-state index in [1.807, 2.05) is 32.0 Å². The topological polar surface area (TPSA) is 75.4 Å². The largest absolute Gasteiger partial charge is 0.501 e. The number of fused-ring (bicyclic) bond motifs is 1. The van der Waals surface area contributed by atoms with Gasteiger partial charge in [0.25, 0.3) is 5.91 Å². The Hall–Kier alpha value is -2.63. The van der Waals surface area contributed by atoms with Gasteiger partial charge in [0.05, 0.1) is 0 Å². The van der Waals surface area contributed by atoms with Crippen LogP contribution in [-0.2, 0) is 6.54 Å². The first-order chi connectivity index (χ1) is 13.0. The van der Waals surface area contributed by atoms with Crippen LogP contribution in [0, 0.1) is 0 Å². The Kier molecular flexibility index (Phi) is 4.50. The fourth-order valence-electron chi connectivity index (χ4n) is 4.59. The van der Waals surface area contributed by atoms with Crippen LogP contribution >= 0.6 is 0 Å². The summed E-state index contributed by atoms with van der Waals surface area (Å²) >= 11 is 0. The normalized spacial score (nSPS) is 22.3. The Labute approximate surface area is 158 Å². The summed E-state index contributed by atoms with van der Waals surface area (Å²) in [6, 6.07) is 10.3. The number of aromatic nitrogens is 2. The lowest BCUT2D eigenvalue weighted by Gasteiger charge is -2.35. The van der Waals surface area contributed by atoms with Crippen molar-refractivity contribution in [2.45, 2.75) is 57.5 Å². The van der Waals surface area contributed by atoms with Gasteiger partial charge in [-0.1, -0.05) is 36.8 Å². The van der Waals surface area contributed by atoms with Crippen LogP contribution in [0.5, 0.6) is 5.75 Å². The molecule has 1 fully saturated rings. The maximum Gasteiger partial charge on any atom is 0.315 e. The van der Waals surface area contributed by atoms with E-state index in [1.54, 1.807) is 9.47 Å². The molecule has 1 N–H and O–H groups in total. The van der Waals surface area contributed by atoms with Crippen LogP contribution in [-0.4, -0.2) is 38.1 Å². The van der Waals surface area contributed by atoms with E-state index < -0.39 is 11.3 Å². The third-order valence-electron chi connectivity index (χ3n) is 5.92. The molecule has 6 nitrogen and oxygen atoms in total. The Morgan fingerprint density at radius 1 is 1.07 bits per heavy atom. The first-order valence-corrected chi connectivity index (χ1v) is 9.68. The number of rotatable bonds is 3. The Morgan fingerprint density at radius 3 is 2.48 bits per heavy atom. The predicted molar refractivity (Wildman–Crippen MR) is 102 cm³/mol. The number of aromatic hydroxyl groups is 1. The molecule has 0 radical (unpaired) electrons. The third-order valence-corrected chi connectivity index (χ3v) is 5.92. The van der Waals surface area contributed by atoms with Crippen molar-refractivity contribution in [1.29, 1.82) is 0 Å². The second kappa shape index (κ2) is 6.83. The highest BCUT2D eigenvalue weighted by atomic mass is 16.3. The predicted octanol–water partition coefficient (Wildman–Crippen LogP) is 2.86. The van der Waals surface area contributed by atoms with E-state index in [9.17, 15) is 14.7 Å². The summed E-state index contributed by atoms with van der Waals surface area (Å²) in [6.45, 7) is 4.98. The average Bonchev–Trinajstić information content (AvgIpc) is 3.14. The summed E-state index contributed by atoms with van der Waals surface area (Å²) < 4.78 is 1.80. The maximum absolute atomic E-state index is 12.9. The number of hydrogen-bond donors (Lipinski definition) is 1.